The molecule has 4 bridgehead atoms. The number of hydrogen-bond donors (Lipinski definition) is 0. The van der Waals surface area contributed by atoms with Crippen molar-refractivity contribution >= 4 is 0 Å². The molecule has 0 N–H and O–H groups in total. The van der Waals surface area contributed by atoms with E-state index in [1.807, 2.05) is 20.8 Å². The van der Waals surface area contributed by atoms with Gasteiger partial charge in [-0.05, 0) is 108 Å². The number of nitrogens with zero attached hydrogens (tertiary/aromatic N) is 2. The zero-order valence-electron chi connectivity index (χ0n) is 29.1. The van der Waals surface area contributed by atoms with Gasteiger partial charge in [-0.3, -0.25) is 0 Å². The summed E-state index contributed by atoms with van der Waals surface area (Å²) < 4.78 is 33.4. The maximum absolute atomic E-state index is 7.05. The first-order chi connectivity index (χ1) is 22.4. The SMILES string of the molecule is Cc1noc(C(C[C@H]2O[C@@H]3O[C@@]4(C)CC[C@H]5[C@H](C)CC[C@@H]([C@H]2C)[C@@]35OO4)C[C@H]2O[C@@H]3O[C@@]4(C)CC[C@H]5[C@H](C)CC[C@@H]([C@H]2C)[C@@]35OO4)n1. The van der Waals surface area contributed by atoms with Crippen LogP contribution in [0.4, 0.5) is 0 Å². The number of ether oxygens (including phenoxy) is 4. The third-order valence-corrected chi connectivity index (χ3v) is 14.5. The smallest absolute Gasteiger partial charge is 0.229 e. The molecular formula is C36H54N2O9. The molecule has 0 unspecified atom stereocenters. The van der Waals surface area contributed by atoms with E-state index < -0.39 is 35.4 Å². The molecule has 2 aliphatic carbocycles. The fourth-order valence-electron chi connectivity index (χ4n) is 11.8. The van der Waals surface area contributed by atoms with Gasteiger partial charge < -0.3 is 23.5 Å². The Labute approximate surface area is 278 Å². The second-order valence-corrected chi connectivity index (χ2v) is 17.2. The first kappa shape index (κ1) is 31.8. The van der Waals surface area contributed by atoms with Crippen molar-refractivity contribution in [1.82, 2.24) is 10.1 Å². The average Bonchev–Trinajstić information content (AvgIpc) is 3.17. The lowest BCUT2D eigenvalue weighted by Gasteiger charge is -2.61. The van der Waals surface area contributed by atoms with Gasteiger partial charge in [-0.25, -0.2) is 19.6 Å². The molecule has 11 rings (SSSR count). The van der Waals surface area contributed by atoms with Gasteiger partial charge in [0.15, 0.2) is 29.6 Å². The number of fused-ring (bicyclic) bond motifs is 4. The molecule has 11 nitrogen and oxygen atoms in total. The van der Waals surface area contributed by atoms with Crippen molar-refractivity contribution in [1.29, 1.82) is 0 Å². The highest BCUT2D eigenvalue weighted by atomic mass is 17.3. The van der Waals surface area contributed by atoms with E-state index in [4.69, 9.17) is 48.0 Å². The summed E-state index contributed by atoms with van der Waals surface area (Å²) in [4.78, 5) is 29.8. The normalized spacial score (nSPS) is 54.9. The van der Waals surface area contributed by atoms with Crippen LogP contribution in [0.2, 0.25) is 0 Å². The average molecular weight is 659 g/mol. The molecular weight excluding hydrogens is 604 g/mol. The minimum Gasteiger partial charge on any atom is -0.346 e. The van der Waals surface area contributed by atoms with Crippen LogP contribution in [-0.4, -0.2) is 57.7 Å². The molecule has 1 aromatic rings. The lowest BCUT2D eigenvalue weighted by atomic mass is 9.56. The van der Waals surface area contributed by atoms with Gasteiger partial charge in [0.2, 0.25) is 17.5 Å². The standard InChI is InChI=1S/C36H54N2O9/c1-18-8-10-26-20(3)28(39-31-35(26)24(18)12-14-33(6,41-31)44-46-35)16-23(30-37-22(5)38-43-30)17-29-21(4)27-11-9-19(2)25-13-15-34(7)42-32(40-29)36(25,27)47-45-34/h18-21,23-29,31-32H,8-17H2,1-7H3/t18-,19-,20-,21-,24+,25+,26+,27+,28-,29-,31-,32-,33-,34-,35-,36-/m1/s1. The molecule has 8 aliphatic heterocycles. The highest BCUT2D eigenvalue weighted by Gasteiger charge is 2.71. The molecule has 16 atom stereocenters. The molecule has 0 radical (unpaired) electrons. The molecule has 10 aliphatic rings. The van der Waals surface area contributed by atoms with Crippen LogP contribution in [0, 0.1) is 54.3 Å². The minimum absolute atomic E-state index is 0.0673. The zero-order chi connectivity index (χ0) is 32.5. The van der Waals surface area contributed by atoms with Crippen molar-refractivity contribution in [2.24, 2.45) is 47.3 Å². The molecule has 262 valence electrons. The summed E-state index contributed by atoms with van der Waals surface area (Å²) in [5, 5.41) is 4.22. The Hall–Kier alpha value is -1.18. The van der Waals surface area contributed by atoms with Crippen LogP contribution in [0.25, 0.3) is 0 Å². The van der Waals surface area contributed by atoms with Gasteiger partial charge in [-0.1, -0.05) is 32.9 Å². The first-order valence-electron chi connectivity index (χ1n) is 18.6. The van der Waals surface area contributed by atoms with Gasteiger partial charge in [0.05, 0.1) is 12.2 Å². The van der Waals surface area contributed by atoms with E-state index in [1.165, 1.54) is 12.8 Å². The molecule has 0 aromatic carbocycles. The number of aromatic nitrogens is 2. The molecule has 9 heterocycles. The van der Waals surface area contributed by atoms with Crippen LogP contribution in [0.3, 0.4) is 0 Å². The fourth-order valence-corrected chi connectivity index (χ4v) is 11.8. The van der Waals surface area contributed by atoms with E-state index in [1.54, 1.807) is 0 Å². The Kier molecular flexibility index (Phi) is 7.38. The summed E-state index contributed by atoms with van der Waals surface area (Å²) in [6.07, 6.45) is 8.43. The molecule has 1 aromatic heterocycles. The van der Waals surface area contributed by atoms with Crippen LogP contribution in [0.15, 0.2) is 4.52 Å². The summed E-state index contributed by atoms with van der Waals surface area (Å²) in [6, 6.07) is 0. The molecule has 0 amide bonds. The van der Waals surface area contributed by atoms with E-state index in [0.717, 1.165) is 51.4 Å². The van der Waals surface area contributed by atoms with Gasteiger partial charge >= 0.3 is 0 Å². The second kappa shape index (κ2) is 10.9. The summed E-state index contributed by atoms with van der Waals surface area (Å²) in [5.41, 5.74) is -1.17. The summed E-state index contributed by atoms with van der Waals surface area (Å²) >= 11 is 0. The van der Waals surface area contributed by atoms with E-state index in [9.17, 15) is 0 Å². The van der Waals surface area contributed by atoms with Crippen molar-refractivity contribution in [3.05, 3.63) is 11.7 Å². The molecule has 10 fully saturated rings. The highest BCUT2D eigenvalue weighted by Crippen LogP contribution is 2.63. The number of rotatable bonds is 5. The minimum atomic E-state index is -0.803. The van der Waals surface area contributed by atoms with Crippen molar-refractivity contribution < 1.29 is 43.0 Å². The monoisotopic (exact) mass is 658 g/mol. The van der Waals surface area contributed by atoms with Crippen molar-refractivity contribution in [3.8, 4) is 0 Å². The molecule has 11 heteroatoms. The largest absolute Gasteiger partial charge is 0.346 e. The zero-order valence-corrected chi connectivity index (χ0v) is 29.1. The Bertz CT molecular complexity index is 1280. The topological polar surface area (TPSA) is 113 Å². The summed E-state index contributed by atoms with van der Waals surface area (Å²) in [5.74, 6) is 2.30. The summed E-state index contributed by atoms with van der Waals surface area (Å²) in [6.45, 7) is 15.2. The quantitative estimate of drug-likeness (QED) is 0.314. The van der Waals surface area contributed by atoms with Gasteiger partial charge in [0, 0.05) is 30.6 Å². The second-order valence-electron chi connectivity index (χ2n) is 17.2. The maximum atomic E-state index is 7.05. The highest BCUT2D eigenvalue weighted by molar-refractivity contribution is 5.13. The van der Waals surface area contributed by atoms with Gasteiger partial charge in [-0.2, -0.15) is 4.98 Å². The molecule has 2 saturated carbocycles. The van der Waals surface area contributed by atoms with E-state index in [0.29, 0.717) is 35.4 Å². The van der Waals surface area contributed by atoms with Crippen LogP contribution < -0.4 is 0 Å². The molecule has 8 saturated heterocycles. The molecule has 47 heavy (non-hydrogen) atoms. The Morgan fingerprint density at radius 1 is 0.660 bits per heavy atom. The Morgan fingerprint density at radius 2 is 1.15 bits per heavy atom. The summed E-state index contributed by atoms with van der Waals surface area (Å²) in [7, 11) is 0. The fraction of sp³-hybridized carbons (Fsp3) is 0.944. The van der Waals surface area contributed by atoms with Gasteiger partial charge in [0.1, 0.15) is 0 Å². The van der Waals surface area contributed by atoms with Crippen LogP contribution in [-0.2, 0) is 38.5 Å². The van der Waals surface area contributed by atoms with Gasteiger partial charge in [0.25, 0.3) is 0 Å². The number of hydrogen-bond acceptors (Lipinski definition) is 11. The Morgan fingerprint density at radius 3 is 1.60 bits per heavy atom. The molecule has 2 spiro atoms. The first-order valence-corrected chi connectivity index (χ1v) is 18.6. The lowest BCUT2D eigenvalue weighted by Crippen LogP contribution is -2.70. The van der Waals surface area contributed by atoms with E-state index in [-0.39, 0.29) is 41.8 Å². The van der Waals surface area contributed by atoms with Gasteiger partial charge in [-0.15, -0.1) is 0 Å². The lowest BCUT2D eigenvalue weighted by molar-refractivity contribution is -0.571. The van der Waals surface area contributed by atoms with Crippen molar-refractivity contribution in [2.45, 2.75) is 166 Å². The van der Waals surface area contributed by atoms with Crippen molar-refractivity contribution in [3.63, 3.8) is 0 Å². The van der Waals surface area contributed by atoms with Crippen LogP contribution in [0.5, 0.6) is 0 Å². The van der Waals surface area contributed by atoms with E-state index in [2.05, 4.69) is 32.9 Å². The third kappa shape index (κ3) is 4.59. The van der Waals surface area contributed by atoms with Crippen LogP contribution in [0.1, 0.15) is 123 Å². The van der Waals surface area contributed by atoms with E-state index >= 15 is 0 Å². The third-order valence-electron chi connectivity index (χ3n) is 14.5. The van der Waals surface area contributed by atoms with Crippen LogP contribution >= 0.6 is 0 Å². The maximum Gasteiger partial charge on any atom is 0.229 e. The predicted octanol–water partition coefficient (Wildman–Crippen LogP) is 6.74. The predicted molar refractivity (Wildman–Crippen MR) is 165 cm³/mol. The number of aryl methyl sites for hydroxylation is 1. The Balaban J connectivity index is 1.02. The van der Waals surface area contributed by atoms with Crippen molar-refractivity contribution in [2.75, 3.05) is 0 Å².